The molecule has 0 saturated heterocycles. The Balaban J connectivity index is 2.47. The van der Waals surface area contributed by atoms with E-state index < -0.39 is 0 Å². The molecule has 20 heavy (non-hydrogen) atoms. The van der Waals surface area contributed by atoms with Crippen LogP contribution in [-0.4, -0.2) is 26.1 Å². The number of benzene rings is 1. The van der Waals surface area contributed by atoms with E-state index in [-0.39, 0.29) is 5.41 Å². The number of aliphatic imine (C=N–C) groups is 1. The first-order chi connectivity index (χ1) is 9.60. The smallest absolute Gasteiger partial charge is 0.191 e. The molecule has 0 amide bonds. The van der Waals surface area contributed by atoms with Gasteiger partial charge in [0.05, 0.1) is 0 Å². The second-order valence-corrected chi connectivity index (χ2v) is 5.46. The van der Waals surface area contributed by atoms with E-state index in [0.717, 1.165) is 25.5 Å². The summed E-state index contributed by atoms with van der Waals surface area (Å²) >= 11 is 0. The summed E-state index contributed by atoms with van der Waals surface area (Å²) in [5, 5.41) is 6.72. The Kier molecular flexibility index (Phi) is 6.85. The Labute approximate surface area is 123 Å². The first-order valence-electron chi connectivity index (χ1n) is 7.21. The molecule has 0 unspecified atom stereocenters. The maximum Gasteiger partial charge on any atom is 0.191 e. The second kappa shape index (κ2) is 8.41. The maximum absolute atomic E-state index is 4.25. The van der Waals surface area contributed by atoms with Crippen LogP contribution in [0, 0.1) is 0 Å². The second-order valence-electron chi connectivity index (χ2n) is 5.46. The molecule has 0 radical (unpaired) electrons. The van der Waals surface area contributed by atoms with Crippen LogP contribution in [-0.2, 0) is 5.41 Å². The molecule has 0 fully saturated rings. The zero-order valence-corrected chi connectivity index (χ0v) is 13.1. The molecule has 3 nitrogen and oxygen atoms in total. The molecular weight excluding hydrogens is 246 g/mol. The van der Waals surface area contributed by atoms with Crippen LogP contribution < -0.4 is 10.6 Å². The van der Waals surface area contributed by atoms with E-state index in [1.54, 1.807) is 7.05 Å². The van der Waals surface area contributed by atoms with Crippen LogP contribution in [0.3, 0.4) is 0 Å². The van der Waals surface area contributed by atoms with Crippen molar-refractivity contribution in [1.29, 1.82) is 0 Å². The average Bonchev–Trinajstić information content (AvgIpc) is 2.47. The molecule has 0 bridgehead atoms. The standard InChI is InChI=1S/C17H27N3/c1-5-6-10-13-19-16(18-4)20-14-17(2,3)15-11-8-7-9-12-15/h5-9,11-12H,10,13-14H2,1-4H3,(H2,18,19,20)/b6-5+. The van der Waals surface area contributed by atoms with E-state index in [0.29, 0.717) is 0 Å². The highest BCUT2D eigenvalue weighted by Gasteiger charge is 2.20. The predicted molar refractivity (Wildman–Crippen MR) is 88.3 cm³/mol. The molecule has 0 atom stereocenters. The van der Waals surface area contributed by atoms with Crippen LogP contribution >= 0.6 is 0 Å². The fourth-order valence-electron chi connectivity index (χ4n) is 1.96. The summed E-state index contributed by atoms with van der Waals surface area (Å²) < 4.78 is 0. The van der Waals surface area contributed by atoms with Gasteiger partial charge in [0, 0.05) is 25.6 Å². The molecule has 110 valence electrons. The van der Waals surface area contributed by atoms with Crippen LogP contribution in [0.15, 0.2) is 47.5 Å². The van der Waals surface area contributed by atoms with Crippen molar-refractivity contribution in [2.24, 2.45) is 4.99 Å². The monoisotopic (exact) mass is 273 g/mol. The van der Waals surface area contributed by atoms with Gasteiger partial charge in [-0.1, -0.05) is 56.3 Å². The van der Waals surface area contributed by atoms with Gasteiger partial charge < -0.3 is 10.6 Å². The topological polar surface area (TPSA) is 36.4 Å². The molecule has 1 aromatic carbocycles. The van der Waals surface area contributed by atoms with Crippen molar-refractivity contribution in [3.05, 3.63) is 48.0 Å². The fourth-order valence-corrected chi connectivity index (χ4v) is 1.96. The van der Waals surface area contributed by atoms with E-state index in [9.17, 15) is 0 Å². The van der Waals surface area contributed by atoms with Gasteiger partial charge >= 0.3 is 0 Å². The highest BCUT2D eigenvalue weighted by atomic mass is 15.2. The number of hydrogen-bond donors (Lipinski definition) is 2. The summed E-state index contributed by atoms with van der Waals surface area (Å²) in [6.45, 7) is 8.26. The molecule has 0 aromatic heterocycles. The Morgan fingerprint density at radius 3 is 2.50 bits per heavy atom. The van der Waals surface area contributed by atoms with Crippen molar-refractivity contribution in [1.82, 2.24) is 10.6 Å². The van der Waals surface area contributed by atoms with Crippen LogP contribution in [0.5, 0.6) is 0 Å². The van der Waals surface area contributed by atoms with Crippen molar-refractivity contribution < 1.29 is 0 Å². The highest BCUT2D eigenvalue weighted by Crippen LogP contribution is 2.21. The molecule has 0 aliphatic rings. The number of nitrogens with one attached hydrogen (secondary N) is 2. The Hall–Kier alpha value is -1.77. The summed E-state index contributed by atoms with van der Waals surface area (Å²) in [7, 11) is 1.81. The molecule has 0 heterocycles. The van der Waals surface area contributed by atoms with E-state index in [1.165, 1.54) is 5.56 Å². The summed E-state index contributed by atoms with van der Waals surface area (Å²) in [5.41, 5.74) is 1.40. The number of rotatable bonds is 6. The zero-order chi connectivity index (χ0) is 14.8. The first-order valence-corrected chi connectivity index (χ1v) is 7.21. The number of guanidine groups is 1. The Morgan fingerprint density at radius 2 is 1.90 bits per heavy atom. The van der Waals surface area contributed by atoms with Gasteiger partial charge in [-0.05, 0) is 18.9 Å². The van der Waals surface area contributed by atoms with Gasteiger partial charge in [0.15, 0.2) is 5.96 Å². The third-order valence-electron chi connectivity index (χ3n) is 3.32. The predicted octanol–water partition coefficient (Wildman–Crippen LogP) is 3.10. The molecule has 2 N–H and O–H groups in total. The quantitative estimate of drug-likeness (QED) is 0.362. The van der Waals surface area contributed by atoms with Crippen LogP contribution in [0.1, 0.15) is 32.8 Å². The van der Waals surface area contributed by atoms with Gasteiger partial charge in [-0.3, -0.25) is 4.99 Å². The lowest BCUT2D eigenvalue weighted by Gasteiger charge is -2.26. The molecule has 1 aromatic rings. The zero-order valence-electron chi connectivity index (χ0n) is 13.1. The summed E-state index contributed by atoms with van der Waals surface area (Å²) in [6.07, 6.45) is 5.23. The molecule has 0 spiro atoms. The molecule has 0 aliphatic heterocycles. The first kappa shape index (κ1) is 16.3. The van der Waals surface area contributed by atoms with Crippen molar-refractivity contribution >= 4 is 5.96 Å². The van der Waals surface area contributed by atoms with Gasteiger partial charge in [-0.2, -0.15) is 0 Å². The fraction of sp³-hybridized carbons (Fsp3) is 0.471. The SMILES string of the molecule is C/C=C/CCNC(=NC)NCC(C)(C)c1ccccc1. The third-order valence-corrected chi connectivity index (χ3v) is 3.32. The largest absolute Gasteiger partial charge is 0.356 e. The highest BCUT2D eigenvalue weighted by molar-refractivity contribution is 5.79. The summed E-state index contributed by atoms with van der Waals surface area (Å²) in [4.78, 5) is 4.25. The van der Waals surface area contributed by atoms with Crippen LogP contribution in [0.4, 0.5) is 0 Å². The maximum atomic E-state index is 4.25. The number of allylic oxidation sites excluding steroid dienone is 1. The lowest BCUT2D eigenvalue weighted by Crippen LogP contribution is -2.43. The van der Waals surface area contributed by atoms with Crippen molar-refractivity contribution in [3.63, 3.8) is 0 Å². The van der Waals surface area contributed by atoms with Crippen molar-refractivity contribution in [3.8, 4) is 0 Å². The van der Waals surface area contributed by atoms with Gasteiger partial charge in [-0.15, -0.1) is 0 Å². The molecule has 1 rings (SSSR count). The molecule has 0 aliphatic carbocycles. The Bertz CT molecular complexity index is 433. The van der Waals surface area contributed by atoms with Gasteiger partial charge in [0.25, 0.3) is 0 Å². The molecular formula is C17H27N3. The minimum absolute atomic E-state index is 0.0716. The molecule has 3 heteroatoms. The van der Waals surface area contributed by atoms with Crippen molar-refractivity contribution in [2.45, 2.75) is 32.6 Å². The van der Waals surface area contributed by atoms with E-state index in [4.69, 9.17) is 0 Å². The van der Waals surface area contributed by atoms with Gasteiger partial charge in [-0.25, -0.2) is 0 Å². The van der Waals surface area contributed by atoms with Crippen molar-refractivity contribution in [2.75, 3.05) is 20.1 Å². The normalized spacial score (nSPS) is 12.7. The summed E-state index contributed by atoms with van der Waals surface area (Å²) in [5.74, 6) is 0.860. The third kappa shape index (κ3) is 5.47. The summed E-state index contributed by atoms with van der Waals surface area (Å²) in [6, 6.07) is 10.6. The van der Waals surface area contributed by atoms with Gasteiger partial charge in [0.1, 0.15) is 0 Å². The molecule has 0 saturated carbocycles. The average molecular weight is 273 g/mol. The number of hydrogen-bond acceptors (Lipinski definition) is 1. The lowest BCUT2D eigenvalue weighted by atomic mass is 9.85. The Morgan fingerprint density at radius 1 is 1.20 bits per heavy atom. The minimum Gasteiger partial charge on any atom is -0.356 e. The van der Waals surface area contributed by atoms with E-state index >= 15 is 0 Å². The lowest BCUT2D eigenvalue weighted by molar-refractivity contribution is 0.509. The van der Waals surface area contributed by atoms with Crippen LogP contribution in [0.25, 0.3) is 0 Å². The van der Waals surface area contributed by atoms with E-state index in [2.05, 4.69) is 72.0 Å². The minimum atomic E-state index is 0.0716. The number of nitrogens with zero attached hydrogens (tertiary/aromatic N) is 1. The van der Waals surface area contributed by atoms with Crippen LogP contribution in [0.2, 0.25) is 0 Å². The van der Waals surface area contributed by atoms with Gasteiger partial charge in [0.2, 0.25) is 0 Å². The van der Waals surface area contributed by atoms with E-state index in [1.807, 2.05) is 6.92 Å².